The molecule has 2 nitrogen and oxygen atoms in total. The molecule has 0 fully saturated rings. The van der Waals surface area contributed by atoms with Gasteiger partial charge in [0.05, 0.1) is 11.4 Å². The van der Waals surface area contributed by atoms with Gasteiger partial charge < -0.3 is 0 Å². The molecule has 0 radical (unpaired) electrons. The van der Waals surface area contributed by atoms with Gasteiger partial charge in [-0.2, -0.15) is 0 Å². The lowest BCUT2D eigenvalue weighted by molar-refractivity contribution is 1.18. The van der Waals surface area contributed by atoms with Gasteiger partial charge in [-0.3, -0.25) is 0 Å². The van der Waals surface area contributed by atoms with E-state index < -0.39 is 0 Å². The second-order valence-electron chi connectivity index (χ2n) is 7.28. The molecule has 0 saturated heterocycles. The summed E-state index contributed by atoms with van der Waals surface area (Å²) in [7, 11) is 0. The number of nitrogens with zero attached hydrogens (tertiary/aromatic N) is 2. The zero-order valence-electron chi connectivity index (χ0n) is 16.7. The Hall–Kier alpha value is -3.75. The van der Waals surface area contributed by atoms with E-state index >= 15 is 0 Å². The molecule has 0 atom stereocenters. The first-order valence-electron chi connectivity index (χ1n) is 10.1. The van der Waals surface area contributed by atoms with Crippen LogP contribution in [-0.4, -0.2) is 9.97 Å². The van der Waals surface area contributed by atoms with Gasteiger partial charge in [-0.05, 0) is 41.5 Å². The molecular formula is C28H19ClN2. The summed E-state index contributed by atoms with van der Waals surface area (Å²) in [6.45, 7) is 0. The van der Waals surface area contributed by atoms with E-state index in [1.54, 1.807) is 0 Å². The van der Waals surface area contributed by atoms with Crippen LogP contribution < -0.4 is 0 Å². The minimum atomic E-state index is 0.681. The molecule has 0 bridgehead atoms. The molecule has 0 saturated carbocycles. The third-order valence-corrected chi connectivity index (χ3v) is 5.44. The van der Waals surface area contributed by atoms with Gasteiger partial charge in [-0.25, -0.2) is 9.97 Å². The van der Waals surface area contributed by atoms with E-state index in [0.29, 0.717) is 10.8 Å². The first-order valence-corrected chi connectivity index (χ1v) is 10.5. The van der Waals surface area contributed by atoms with E-state index in [1.807, 2.05) is 54.6 Å². The van der Waals surface area contributed by atoms with E-state index in [4.69, 9.17) is 21.6 Å². The molecule has 0 aliphatic rings. The highest BCUT2D eigenvalue weighted by molar-refractivity contribution is 6.30. The molecule has 5 aromatic rings. The lowest BCUT2D eigenvalue weighted by Gasteiger charge is -2.10. The predicted octanol–water partition coefficient (Wildman–Crippen LogP) is 7.80. The molecular weight excluding hydrogens is 400 g/mol. The summed E-state index contributed by atoms with van der Waals surface area (Å²) in [6, 6.07) is 38.7. The predicted molar refractivity (Wildman–Crippen MR) is 129 cm³/mol. The maximum atomic E-state index is 6.08. The lowest BCUT2D eigenvalue weighted by atomic mass is 10.0. The molecule has 1 heterocycles. The third-order valence-electron chi connectivity index (χ3n) is 5.19. The summed E-state index contributed by atoms with van der Waals surface area (Å²) in [4.78, 5) is 9.72. The Labute approximate surface area is 186 Å². The van der Waals surface area contributed by atoms with Crippen LogP contribution >= 0.6 is 11.6 Å². The summed E-state index contributed by atoms with van der Waals surface area (Å²) in [5.74, 6) is 0.681. The van der Waals surface area contributed by atoms with E-state index in [0.717, 1.165) is 28.1 Å². The van der Waals surface area contributed by atoms with Gasteiger partial charge in [-0.1, -0.05) is 96.5 Å². The largest absolute Gasteiger partial charge is 0.228 e. The molecule has 0 aliphatic heterocycles. The first-order chi connectivity index (χ1) is 15.3. The zero-order valence-corrected chi connectivity index (χ0v) is 17.5. The van der Waals surface area contributed by atoms with Crippen LogP contribution in [0.5, 0.6) is 0 Å². The van der Waals surface area contributed by atoms with Crippen molar-refractivity contribution in [3.63, 3.8) is 0 Å². The van der Waals surface area contributed by atoms with E-state index in [-0.39, 0.29) is 0 Å². The van der Waals surface area contributed by atoms with Crippen molar-refractivity contribution in [2.24, 2.45) is 0 Å². The van der Waals surface area contributed by atoms with Crippen molar-refractivity contribution < 1.29 is 0 Å². The van der Waals surface area contributed by atoms with Crippen LogP contribution in [0, 0.1) is 0 Å². The number of aromatic nitrogens is 2. The highest BCUT2D eigenvalue weighted by atomic mass is 35.5. The molecule has 0 aliphatic carbocycles. The third kappa shape index (κ3) is 4.25. The number of hydrogen-bond acceptors (Lipinski definition) is 2. The zero-order chi connectivity index (χ0) is 21.0. The quantitative estimate of drug-likeness (QED) is 0.297. The standard InChI is InChI=1S/C28H19ClN2/c29-25-17-15-24(16-18-25)28-30-26(22-9-5-2-6-10-22)19-27(31-28)23-13-11-21(12-14-23)20-7-3-1-4-8-20/h1-19H. The molecule has 5 rings (SSSR count). The Morgan fingerprint density at radius 1 is 0.419 bits per heavy atom. The molecule has 31 heavy (non-hydrogen) atoms. The lowest BCUT2D eigenvalue weighted by Crippen LogP contribution is -1.95. The number of halogens is 1. The second-order valence-corrected chi connectivity index (χ2v) is 7.71. The van der Waals surface area contributed by atoms with Gasteiger partial charge >= 0.3 is 0 Å². The number of benzene rings is 4. The van der Waals surface area contributed by atoms with Crippen molar-refractivity contribution in [1.29, 1.82) is 0 Å². The Morgan fingerprint density at radius 2 is 0.839 bits per heavy atom. The van der Waals surface area contributed by atoms with E-state index in [2.05, 4.69) is 60.7 Å². The summed E-state index contributed by atoms with van der Waals surface area (Å²) < 4.78 is 0. The first kappa shape index (κ1) is 19.2. The average Bonchev–Trinajstić information content (AvgIpc) is 2.85. The summed E-state index contributed by atoms with van der Waals surface area (Å²) in [5, 5.41) is 0.694. The maximum Gasteiger partial charge on any atom is 0.160 e. The average molecular weight is 419 g/mol. The molecule has 0 spiro atoms. The topological polar surface area (TPSA) is 25.8 Å². The van der Waals surface area contributed by atoms with Gasteiger partial charge in [-0.15, -0.1) is 0 Å². The van der Waals surface area contributed by atoms with Crippen molar-refractivity contribution in [1.82, 2.24) is 9.97 Å². The summed E-state index contributed by atoms with van der Waals surface area (Å²) in [6.07, 6.45) is 0. The van der Waals surface area contributed by atoms with Crippen LogP contribution in [0.15, 0.2) is 115 Å². The van der Waals surface area contributed by atoms with Crippen molar-refractivity contribution >= 4 is 11.6 Å². The Morgan fingerprint density at radius 3 is 1.42 bits per heavy atom. The SMILES string of the molecule is Clc1ccc(-c2nc(-c3ccccc3)cc(-c3ccc(-c4ccccc4)cc3)n2)cc1. The summed E-state index contributed by atoms with van der Waals surface area (Å²) >= 11 is 6.08. The fourth-order valence-corrected chi connectivity index (χ4v) is 3.67. The van der Waals surface area contributed by atoms with Crippen LogP contribution in [-0.2, 0) is 0 Å². The van der Waals surface area contributed by atoms with Crippen molar-refractivity contribution in [3.8, 4) is 45.0 Å². The molecule has 1 aromatic heterocycles. The molecule has 0 amide bonds. The Bertz CT molecular complexity index is 1300. The highest BCUT2D eigenvalue weighted by Crippen LogP contribution is 2.29. The van der Waals surface area contributed by atoms with Gasteiger partial charge in [0.25, 0.3) is 0 Å². The molecule has 4 aromatic carbocycles. The fraction of sp³-hybridized carbons (Fsp3) is 0. The van der Waals surface area contributed by atoms with E-state index in [9.17, 15) is 0 Å². The maximum absolute atomic E-state index is 6.08. The van der Waals surface area contributed by atoms with Crippen molar-refractivity contribution in [3.05, 3.63) is 120 Å². The monoisotopic (exact) mass is 418 g/mol. The van der Waals surface area contributed by atoms with Crippen LogP contribution in [0.4, 0.5) is 0 Å². The van der Waals surface area contributed by atoms with Crippen molar-refractivity contribution in [2.75, 3.05) is 0 Å². The normalized spacial score (nSPS) is 10.7. The van der Waals surface area contributed by atoms with Crippen LogP contribution in [0.3, 0.4) is 0 Å². The van der Waals surface area contributed by atoms with Gasteiger partial charge in [0.2, 0.25) is 0 Å². The smallest absolute Gasteiger partial charge is 0.160 e. The minimum Gasteiger partial charge on any atom is -0.228 e. The number of hydrogen-bond donors (Lipinski definition) is 0. The second kappa shape index (κ2) is 8.55. The molecule has 3 heteroatoms. The van der Waals surface area contributed by atoms with Crippen molar-refractivity contribution in [2.45, 2.75) is 0 Å². The van der Waals surface area contributed by atoms with Gasteiger partial charge in [0, 0.05) is 21.7 Å². The Balaban J connectivity index is 1.60. The van der Waals surface area contributed by atoms with Crippen LogP contribution in [0.25, 0.3) is 45.0 Å². The Kier molecular flexibility index (Phi) is 5.30. The molecule has 148 valence electrons. The van der Waals surface area contributed by atoms with Crippen LogP contribution in [0.2, 0.25) is 5.02 Å². The highest BCUT2D eigenvalue weighted by Gasteiger charge is 2.11. The minimum absolute atomic E-state index is 0.681. The number of rotatable bonds is 4. The molecule has 0 unspecified atom stereocenters. The van der Waals surface area contributed by atoms with Gasteiger partial charge in [0.15, 0.2) is 5.82 Å². The van der Waals surface area contributed by atoms with Gasteiger partial charge in [0.1, 0.15) is 0 Å². The van der Waals surface area contributed by atoms with E-state index in [1.165, 1.54) is 11.1 Å². The summed E-state index contributed by atoms with van der Waals surface area (Å²) in [5.41, 5.74) is 7.20. The molecule has 0 N–H and O–H groups in total. The fourth-order valence-electron chi connectivity index (χ4n) is 3.54. The van der Waals surface area contributed by atoms with Crippen LogP contribution in [0.1, 0.15) is 0 Å².